The van der Waals surface area contributed by atoms with Crippen LogP contribution in [0.5, 0.6) is 11.5 Å². The highest BCUT2D eigenvalue weighted by Crippen LogP contribution is 2.29. The molecule has 180 valence electrons. The van der Waals surface area contributed by atoms with Gasteiger partial charge in [-0.1, -0.05) is 23.7 Å². The lowest BCUT2D eigenvalue weighted by Gasteiger charge is -2.38. The average Bonchev–Trinajstić information content (AvgIpc) is 2.80. The van der Waals surface area contributed by atoms with Gasteiger partial charge in [0.25, 0.3) is 0 Å². The van der Waals surface area contributed by atoms with E-state index in [2.05, 4.69) is 16.6 Å². The summed E-state index contributed by atoms with van der Waals surface area (Å²) in [6.45, 7) is 6.24. The van der Waals surface area contributed by atoms with E-state index >= 15 is 0 Å². The van der Waals surface area contributed by atoms with Gasteiger partial charge in [0.05, 0.1) is 41.1 Å². The number of β-amino-alcohol motifs (C(OH)–C–C–N with tert-alkyl or cyclic N) is 1. The highest BCUT2D eigenvalue weighted by Gasteiger charge is 2.31. The van der Waals surface area contributed by atoms with E-state index in [1.54, 1.807) is 48.4 Å². The minimum absolute atomic E-state index is 0.0952. The molecule has 1 aliphatic rings. The predicted octanol–water partition coefficient (Wildman–Crippen LogP) is 4.05. The summed E-state index contributed by atoms with van der Waals surface area (Å²) >= 11 is 6.43. The lowest BCUT2D eigenvalue weighted by Crippen LogP contribution is -2.50. The summed E-state index contributed by atoms with van der Waals surface area (Å²) in [5.74, 6) is 0.877. The maximum Gasteiger partial charge on any atom is 0.240 e. The van der Waals surface area contributed by atoms with Crippen LogP contribution in [0.3, 0.4) is 0 Å². The number of rotatable bonds is 10. The zero-order valence-corrected chi connectivity index (χ0v) is 20.3. The standard InChI is InChI=1S/C25H29ClN4O4/c1-17(31)16-30(34-22-7-5-4-6-19(22)15-27)25(2,3)12-13-33-23-10-8-18(14-20(23)26)21-9-11-24(32)29-28-21/h4-8,10,14,17,31H,9,11-13,16H2,1-3H3,(H,29,32)/t17-/m0/s1. The molecule has 8 nitrogen and oxygen atoms in total. The number of nitrogens with zero attached hydrogens (tertiary/aromatic N) is 3. The average molecular weight is 485 g/mol. The van der Waals surface area contributed by atoms with Crippen LogP contribution in [-0.2, 0) is 4.79 Å². The van der Waals surface area contributed by atoms with E-state index in [0.717, 1.165) is 11.3 Å². The molecular formula is C25H29ClN4O4. The third kappa shape index (κ3) is 6.70. The Bertz CT molecular complexity index is 1090. The molecule has 0 saturated carbocycles. The van der Waals surface area contributed by atoms with Gasteiger partial charge in [-0.2, -0.15) is 10.4 Å². The van der Waals surface area contributed by atoms with Gasteiger partial charge >= 0.3 is 0 Å². The maximum absolute atomic E-state index is 11.3. The van der Waals surface area contributed by atoms with E-state index in [-0.39, 0.29) is 12.5 Å². The molecule has 2 aromatic carbocycles. The van der Waals surface area contributed by atoms with Crippen molar-refractivity contribution in [1.82, 2.24) is 10.5 Å². The molecule has 3 rings (SSSR count). The number of ether oxygens (including phenoxy) is 1. The number of hydroxylamine groups is 2. The molecule has 0 fully saturated rings. The minimum Gasteiger partial charge on any atom is -0.492 e. The van der Waals surface area contributed by atoms with Crippen LogP contribution >= 0.6 is 11.6 Å². The van der Waals surface area contributed by atoms with E-state index in [1.807, 2.05) is 19.9 Å². The second-order valence-electron chi connectivity index (χ2n) is 8.76. The summed E-state index contributed by atoms with van der Waals surface area (Å²) in [6.07, 6.45) is 0.882. The quantitative estimate of drug-likeness (QED) is 0.492. The first-order chi connectivity index (χ1) is 16.2. The van der Waals surface area contributed by atoms with Crippen molar-refractivity contribution in [1.29, 1.82) is 5.26 Å². The number of carbonyl (C=O) groups is 1. The fourth-order valence-electron chi connectivity index (χ4n) is 3.42. The van der Waals surface area contributed by atoms with Crippen LogP contribution in [0.2, 0.25) is 5.02 Å². The molecule has 0 aromatic heterocycles. The largest absolute Gasteiger partial charge is 0.492 e. The zero-order valence-electron chi connectivity index (χ0n) is 19.5. The number of amides is 1. The van der Waals surface area contributed by atoms with Gasteiger partial charge in [-0.25, -0.2) is 5.43 Å². The number of para-hydroxylation sites is 1. The SMILES string of the molecule is C[C@H](O)CN(Oc1ccccc1C#N)C(C)(C)CCOc1ccc(C2=NNC(=O)CC2)cc1Cl. The van der Waals surface area contributed by atoms with Crippen molar-refractivity contribution >= 4 is 23.2 Å². The first-order valence-corrected chi connectivity index (χ1v) is 11.5. The molecule has 0 unspecified atom stereocenters. The number of carbonyl (C=O) groups excluding carboxylic acids is 1. The van der Waals surface area contributed by atoms with Crippen LogP contribution in [0, 0.1) is 11.3 Å². The normalized spacial score (nSPS) is 14.7. The predicted molar refractivity (Wildman–Crippen MR) is 130 cm³/mol. The fraction of sp³-hybridized carbons (Fsp3) is 0.400. The van der Waals surface area contributed by atoms with Crippen molar-refractivity contribution in [2.45, 2.75) is 51.7 Å². The van der Waals surface area contributed by atoms with Crippen molar-refractivity contribution in [3.05, 3.63) is 58.6 Å². The Morgan fingerprint density at radius 2 is 2.03 bits per heavy atom. The Balaban J connectivity index is 1.65. The number of aliphatic hydroxyl groups excluding tert-OH is 1. The van der Waals surface area contributed by atoms with Crippen LogP contribution in [0.4, 0.5) is 0 Å². The molecule has 34 heavy (non-hydrogen) atoms. The first-order valence-electron chi connectivity index (χ1n) is 11.1. The summed E-state index contributed by atoms with van der Waals surface area (Å²) in [5.41, 5.74) is 3.99. The van der Waals surface area contributed by atoms with Crippen LogP contribution in [0.15, 0.2) is 47.6 Å². The Labute approximate surface area is 204 Å². The molecule has 1 heterocycles. The van der Waals surface area contributed by atoms with Crippen molar-refractivity contribution in [3.8, 4) is 17.6 Å². The van der Waals surface area contributed by atoms with Crippen molar-refractivity contribution < 1.29 is 19.5 Å². The van der Waals surface area contributed by atoms with Crippen LogP contribution in [0.25, 0.3) is 0 Å². The molecule has 0 bridgehead atoms. The molecule has 0 radical (unpaired) electrons. The van der Waals surface area contributed by atoms with Gasteiger partial charge in [0.15, 0.2) is 5.75 Å². The Morgan fingerprint density at radius 3 is 2.68 bits per heavy atom. The molecule has 1 amide bonds. The number of halogens is 1. The van der Waals surface area contributed by atoms with E-state index in [1.165, 1.54) is 0 Å². The Hall–Kier alpha value is -3.12. The summed E-state index contributed by atoms with van der Waals surface area (Å²) in [4.78, 5) is 17.4. The van der Waals surface area contributed by atoms with Crippen LogP contribution < -0.4 is 15.0 Å². The second-order valence-corrected chi connectivity index (χ2v) is 9.17. The molecule has 2 aromatic rings. The van der Waals surface area contributed by atoms with E-state index in [4.69, 9.17) is 21.2 Å². The van der Waals surface area contributed by atoms with Crippen molar-refractivity contribution in [3.63, 3.8) is 0 Å². The van der Waals surface area contributed by atoms with Gasteiger partial charge in [-0.05, 0) is 56.7 Å². The number of benzene rings is 2. The van der Waals surface area contributed by atoms with Crippen LogP contribution in [0.1, 0.15) is 51.2 Å². The third-order valence-corrected chi connectivity index (χ3v) is 5.76. The number of hydrogen-bond donors (Lipinski definition) is 2. The Morgan fingerprint density at radius 1 is 1.26 bits per heavy atom. The number of nitriles is 1. The molecular weight excluding hydrogens is 456 g/mol. The molecule has 0 saturated heterocycles. The Kier molecular flexibility index (Phi) is 8.51. The molecule has 0 spiro atoms. The summed E-state index contributed by atoms with van der Waals surface area (Å²) in [7, 11) is 0. The van der Waals surface area contributed by atoms with E-state index < -0.39 is 11.6 Å². The molecule has 9 heteroatoms. The lowest BCUT2D eigenvalue weighted by molar-refractivity contribution is -0.153. The van der Waals surface area contributed by atoms with Gasteiger partial charge in [-0.15, -0.1) is 5.06 Å². The van der Waals surface area contributed by atoms with Gasteiger partial charge < -0.3 is 14.7 Å². The topological polar surface area (TPSA) is 107 Å². The zero-order chi connectivity index (χ0) is 24.7. The monoisotopic (exact) mass is 484 g/mol. The van der Waals surface area contributed by atoms with E-state index in [0.29, 0.717) is 48.0 Å². The maximum atomic E-state index is 11.3. The van der Waals surface area contributed by atoms with Gasteiger partial charge in [-0.3, -0.25) is 4.79 Å². The van der Waals surface area contributed by atoms with Gasteiger partial charge in [0.1, 0.15) is 11.8 Å². The molecule has 2 N–H and O–H groups in total. The molecule has 1 aliphatic heterocycles. The summed E-state index contributed by atoms with van der Waals surface area (Å²) < 4.78 is 5.94. The fourth-order valence-corrected chi connectivity index (χ4v) is 3.66. The number of hydrogen-bond acceptors (Lipinski definition) is 7. The third-order valence-electron chi connectivity index (χ3n) is 5.46. The van der Waals surface area contributed by atoms with Crippen molar-refractivity contribution in [2.75, 3.05) is 13.2 Å². The summed E-state index contributed by atoms with van der Waals surface area (Å²) in [6, 6.07) is 14.5. The summed E-state index contributed by atoms with van der Waals surface area (Å²) in [5, 5.41) is 25.6. The van der Waals surface area contributed by atoms with Gasteiger partial charge in [0.2, 0.25) is 5.91 Å². The second kappa shape index (κ2) is 11.3. The van der Waals surface area contributed by atoms with Gasteiger partial charge in [0, 0.05) is 19.3 Å². The molecule has 1 atom stereocenters. The highest BCUT2D eigenvalue weighted by atomic mass is 35.5. The van der Waals surface area contributed by atoms with Crippen LogP contribution in [-0.4, -0.2) is 46.6 Å². The smallest absolute Gasteiger partial charge is 0.240 e. The molecule has 0 aliphatic carbocycles. The number of aliphatic hydroxyl groups is 1. The minimum atomic E-state index is -0.635. The number of hydrazone groups is 1. The number of nitrogens with one attached hydrogen (secondary N) is 1. The lowest BCUT2D eigenvalue weighted by atomic mass is 10.0. The first kappa shape index (κ1) is 25.5. The highest BCUT2D eigenvalue weighted by molar-refractivity contribution is 6.32. The van der Waals surface area contributed by atoms with E-state index in [9.17, 15) is 15.2 Å². The van der Waals surface area contributed by atoms with Crippen molar-refractivity contribution in [2.24, 2.45) is 5.10 Å².